The summed E-state index contributed by atoms with van der Waals surface area (Å²) in [4.78, 5) is 16.5. The Bertz CT molecular complexity index is 883. The molecule has 3 rings (SSSR count). The van der Waals surface area contributed by atoms with Crippen LogP contribution in [0.2, 0.25) is 0 Å². The third kappa shape index (κ3) is 2.30. The highest BCUT2D eigenvalue weighted by molar-refractivity contribution is 7.16. The van der Waals surface area contributed by atoms with Gasteiger partial charge >= 0.3 is 0 Å². The topological polar surface area (TPSA) is 68.7 Å². The number of carbonyl (C=O) groups is 1. The van der Waals surface area contributed by atoms with Gasteiger partial charge in [0.05, 0.1) is 5.56 Å². The molecule has 0 unspecified atom stereocenters. The molecule has 2 heterocycles. The first kappa shape index (κ1) is 13.4. The lowest BCUT2D eigenvalue weighted by Gasteiger charge is -2.04. The fourth-order valence-electron chi connectivity index (χ4n) is 2.21. The summed E-state index contributed by atoms with van der Waals surface area (Å²) >= 11 is 1.43. The minimum absolute atomic E-state index is 0.204. The van der Waals surface area contributed by atoms with Crippen molar-refractivity contribution in [2.75, 3.05) is 5.32 Å². The summed E-state index contributed by atoms with van der Waals surface area (Å²) in [6, 6.07) is 9.60. The molecule has 0 saturated heterocycles. The molecule has 1 aromatic carbocycles. The minimum atomic E-state index is -0.204. The maximum Gasteiger partial charge on any atom is 0.256 e. The number of nitriles is 1. The van der Waals surface area contributed by atoms with E-state index in [1.165, 1.54) is 11.3 Å². The zero-order valence-corrected chi connectivity index (χ0v) is 12.5. The summed E-state index contributed by atoms with van der Waals surface area (Å²) in [6.07, 6.45) is 1.84. The second-order valence-corrected chi connectivity index (χ2v) is 6.06. The SMILES string of the molecule is Cc1sc(NC(=O)c2ccc3cc[nH]c3c2)c(C#N)c1C. The quantitative estimate of drug-likeness (QED) is 0.751. The molecule has 4 nitrogen and oxygen atoms in total. The molecular formula is C16H13N3OS. The zero-order chi connectivity index (χ0) is 15.0. The Morgan fingerprint density at radius 2 is 2.14 bits per heavy atom. The number of amides is 1. The number of benzene rings is 1. The van der Waals surface area contributed by atoms with E-state index in [1.807, 2.05) is 38.2 Å². The minimum Gasteiger partial charge on any atom is -0.361 e. The average Bonchev–Trinajstić information content (AvgIpc) is 3.03. The number of thiophene rings is 1. The summed E-state index contributed by atoms with van der Waals surface area (Å²) in [7, 11) is 0. The van der Waals surface area contributed by atoms with Crippen molar-refractivity contribution in [3.63, 3.8) is 0 Å². The van der Waals surface area contributed by atoms with Crippen LogP contribution in [0.3, 0.4) is 0 Å². The fourth-order valence-corrected chi connectivity index (χ4v) is 3.22. The molecule has 0 spiro atoms. The average molecular weight is 295 g/mol. The lowest BCUT2D eigenvalue weighted by Crippen LogP contribution is -2.11. The van der Waals surface area contributed by atoms with Crippen molar-refractivity contribution in [2.45, 2.75) is 13.8 Å². The number of H-pyrrole nitrogens is 1. The summed E-state index contributed by atoms with van der Waals surface area (Å²) in [6.45, 7) is 3.84. The van der Waals surface area contributed by atoms with Gasteiger partial charge in [0.25, 0.3) is 5.91 Å². The van der Waals surface area contributed by atoms with Gasteiger partial charge in [0, 0.05) is 22.2 Å². The molecule has 0 saturated carbocycles. The lowest BCUT2D eigenvalue weighted by atomic mass is 10.1. The molecule has 3 aromatic rings. The van der Waals surface area contributed by atoms with Gasteiger partial charge in [0.1, 0.15) is 11.1 Å². The van der Waals surface area contributed by atoms with E-state index in [-0.39, 0.29) is 5.91 Å². The first-order chi connectivity index (χ1) is 10.1. The second kappa shape index (κ2) is 5.08. The Morgan fingerprint density at radius 1 is 1.33 bits per heavy atom. The Kier molecular flexibility index (Phi) is 3.24. The van der Waals surface area contributed by atoms with Gasteiger partial charge in [0.15, 0.2) is 0 Å². The Balaban J connectivity index is 1.93. The van der Waals surface area contributed by atoms with Crippen LogP contribution in [-0.4, -0.2) is 10.9 Å². The maximum atomic E-state index is 12.3. The number of hydrogen-bond acceptors (Lipinski definition) is 3. The van der Waals surface area contributed by atoms with Gasteiger partial charge in [-0.15, -0.1) is 11.3 Å². The van der Waals surface area contributed by atoms with Gasteiger partial charge in [-0.3, -0.25) is 4.79 Å². The van der Waals surface area contributed by atoms with E-state index in [2.05, 4.69) is 16.4 Å². The van der Waals surface area contributed by atoms with E-state index in [0.717, 1.165) is 21.3 Å². The molecule has 0 aliphatic rings. The molecule has 2 N–H and O–H groups in total. The third-order valence-corrected chi connectivity index (χ3v) is 4.66. The number of anilines is 1. The lowest BCUT2D eigenvalue weighted by molar-refractivity contribution is 0.102. The second-order valence-electron chi connectivity index (χ2n) is 4.83. The van der Waals surface area contributed by atoms with Crippen LogP contribution >= 0.6 is 11.3 Å². The Hall–Kier alpha value is -2.58. The Labute approximate surface area is 126 Å². The maximum absolute atomic E-state index is 12.3. The number of aryl methyl sites for hydroxylation is 1. The molecule has 0 fully saturated rings. The van der Waals surface area contributed by atoms with Gasteiger partial charge in [-0.25, -0.2) is 0 Å². The molecule has 0 bridgehead atoms. The van der Waals surface area contributed by atoms with Gasteiger partial charge in [-0.2, -0.15) is 5.26 Å². The molecular weight excluding hydrogens is 282 g/mol. The van der Waals surface area contributed by atoms with E-state index in [0.29, 0.717) is 16.1 Å². The van der Waals surface area contributed by atoms with Crippen molar-refractivity contribution in [1.29, 1.82) is 5.26 Å². The highest BCUT2D eigenvalue weighted by Crippen LogP contribution is 2.32. The van der Waals surface area contributed by atoms with E-state index in [4.69, 9.17) is 0 Å². The number of fused-ring (bicyclic) bond motifs is 1. The first-order valence-corrected chi connectivity index (χ1v) is 7.30. The summed E-state index contributed by atoms with van der Waals surface area (Å²) < 4.78 is 0. The highest BCUT2D eigenvalue weighted by atomic mass is 32.1. The number of nitrogens with zero attached hydrogens (tertiary/aromatic N) is 1. The number of aromatic nitrogens is 1. The van der Waals surface area contributed by atoms with Gasteiger partial charge in [-0.1, -0.05) is 6.07 Å². The summed E-state index contributed by atoms with van der Waals surface area (Å²) in [5.41, 5.74) is 2.96. The monoisotopic (exact) mass is 295 g/mol. The Morgan fingerprint density at radius 3 is 2.90 bits per heavy atom. The van der Waals surface area contributed by atoms with Gasteiger partial charge in [0.2, 0.25) is 0 Å². The molecule has 2 aromatic heterocycles. The third-order valence-electron chi connectivity index (χ3n) is 3.54. The van der Waals surface area contributed by atoms with Crippen LogP contribution in [0.25, 0.3) is 10.9 Å². The summed E-state index contributed by atoms with van der Waals surface area (Å²) in [5.74, 6) is -0.204. The molecule has 0 atom stereocenters. The van der Waals surface area contributed by atoms with E-state index in [9.17, 15) is 10.1 Å². The van der Waals surface area contributed by atoms with Crippen molar-refractivity contribution in [3.05, 3.63) is 52.0 Å². The fraction of sp³-hybridized carbons (Fsp3) is 0.125. The van der Waals surface area contributed by atoms with Crippen LogP contribution < -0.4 is 5.32 Å². The standard InChI is InChI=1S/C16H13N3OS/c1-9-10(2)21-16(13(9)8-17)19-15(20)12-4-3-11-5-6-18-14(11)7-12/h3-7,18H,1-2H3,(H,19,20). The van der Waals surface area contributed by atoms with Crippen LogP contribution in [0.5, 0.6) is 0 Å². The molecule has 0 aliphatic heterocycles. The van der Waals surface area contributed by atoms with Crippen molar-refractivity contribution in [2.24, 2.45) is 0 Å². The number of hydrogen-bond donors (Lipinski definition) is 2. The van der Waals surface area contributed by atoms with E-state index >= 15 is 0 Å². The molecule has 1 amide bonds. The largest absolute Gasteiger partial charge is 0.361 e. The summed E-state index contributed by atoms with van der Waals surface area (Å²) in [5, 5.41) is 13.7. The van der Waals surface area contributed by atoms with Crippen LogP contribution in [0.4, 0.5) is 5.00 Å². The molecule has 104 valence electrons. The van der Waals surface area contributed by atoms with Crippen molar-refractivity contribution in [1.82, 2.24) is 4.98 Å². The van der Waals surface area contributed by atoms with Crippen molar-refractivity contribution >= 4 is 33.1 Å². The molecule has 21 heavy (non-hydrogen) atoms. The smallest absolute Gasteiger partial charge is 0.256 e. The van der Waals surface area contributed by atoms with Crippen LogP contribution in [0.15, 0.2) is 30.5 Å². The molecule has 0 radical (unpaired) electrons. The van der Waals surface area contributed by atoms with Crippen LogP contribution in [-0.2, 0) is 0 Å². The predicted molar refractivity (Wildman–Crippen MR) is 84.8 cm³/mol. The highest BCUT2D eigenvalue weighted by Gasteiger charge is 2.15. The number of carbonyl (C=O) groups excluding carboxylic acids is 1. The predicted octanol–water partition coefficient (Wildman–Crippen LogP) is 3.97. The van der Waals surface area contributed by atoms with Gasteiger partial charge < -0.3 is 10.3 Å². The normalized spacial score (nSPS) is 10.5. The van der Waals surface area contributed by atoms with Crippen LogP contribution in [0, 0.1) is 25.2 Å². The van der Waals surface area contributed by atoms with Crippen molar-refractivity contribution < 1.29 is 4.79 Å². The number of aromatic amines is 1. The molecule has 0 aliphatic carbocycles. The number of nitrogens with one attached hydrogen (secondary N) is 2. The van der Waals surface area contributed by atoms with E-state index < -0.39 is 0 Å². The number of rotatable bonds is 2. The van der Waals surface area contributed by atoms with Crippen molar-refractivity contribution in [3.8, 4) is 6.07 Å². The first-order valence-electron chi connectivity index (χ1n) is 6.48. The molecule has 5 heteroatoms. The van der Waals surface area contributed by atoms with E-state index in [1.54, 1.807) is 6.07 Å². The van der Waals surface area contributed by atoms with Crippen LogP contribution in [0.1, 0.15) is 26.4 Å². The zero-order valence-electron chi connectivity index (χ0n) is 11.7. The van der Waals surface area contributed by atoms with Gasteiger partial charge in [-0.05, 0) is 43.0 Å².